The molecular weight excluding hydrogens is 464 g/mol. The van der Waals surface area contributed by atoms with Gasteiger partial charge in [-0.1, -0.05) is 91.0 Å². The summed E-state index contributed by atoms with van der Waals surface area (Å²) in [5.74, 6) is -0.488. The van der Waals surface area contributed by atoms with Crippen molar-refractivity contribution in [2.24, 2.45) is 0 Å². The maximum Gasteiger partial charge on any atom is 0.253 e. The lowest BCUT2D eigenvalue weighted by atomic mass is 10.1. The van der Waals surface area contributed by atoms with Gasteiger partial charge in [0.25, 0.3) is 5.91 Å². The Morgan fingerprint density at radius 1 is 0.622 bits per heavy atom. The summed E-state index contributed by atoms with van der Waals surface area (Å²) < 4.78 is 5.65. The lowest BCUT2D eigenvalue weighted by molar-refractivity contribution is -0.125. The third-order valence-electron chi connectivity index (χ3n) is 5.68. The van der Waals surface area contributed by atoms with Crippen LogP contribution in [0.2, 0.25) is 0 Å². The highest BCUT2D eigenvalue weighted by molar-refractivity contribution is 6.18. The molecule has 0 bridgehead atoms. The number of nitrogens with zero attached hydrogens (tertiary/aromatic N) is 1. The summed E-state index contributed by atoms with van der Waals surface area (Å²) in [6.07, 6.45) is 0.0600. The van der Waals surface area contributed by atoms with Gasteiger partial charge in [0, 0.05) is 0 Å². The first-order valence-electron chi connectivity index (χ1n) is 12.1. The van der Waals surface area contributed by atoms with E-state index in [1.165, 1.54) is 0 Å². The fraction of sp³-hybridized carbons (Fsp3) is 0.129. The summed E-state index contributed by atoms with van der Waals surface area (Å²) in [5.41, 5.74) is 2.06. The summed E-state index contributed by atoms with van der Waals surface area (Å²) in [5, 5.41) is 2.83. The minimum absolute atomic E-state index is 0.0300. The molecule has 4 rings (SSSR count). The van der Waals surface area contributed by atoms with Gasteiger partial charge in [0.2, 0.25) is 11.8 Å². The highest BCUT2D eigenvalue weighted by Gasteiger charge is 2.27. The second kappa shape index (κ2) is 12.8. The van der Waals surface area contributed by atoms with Gasteiger partial charge in [-0.15, -0.1) is 0 Å². The Balaban J connectivity index is 1.54. The summed E-state index contributed by atoms with van der Waals surface area (Å²) >= 11 is 0. The Kier molecular flexibility index (Phi) is 8.81. The van der Waals surface area contributed by atoms with E-state index in [1.807, 2.05) is 91.0 Å². The van der Waals surface area contributed by atoms with Crippen molar-refractivity contribution in [3.63, 3.8) is 0 Å². The van der Waals surface area contributed by atoms with Crippen molar-refractivity contribution in [3.05, 3.63) is 132 Å². The second-order valence-electron chi connectivity index (χ2n) is 8.38. The number of hydrogen-bond acceptors (Lipinski definition) is 4. The average molecular weight is 493 g/mol. The van der Waals surface area contributed by atoms with E-state index in [0.29, 0.717) is 5.75 Å². The first-order chi connectivity index (χ1) is 18.1. The van der Waals surface area contributed by atoms with E-state index in [4.69, 9.17) is 4.74 Å². The monoisotopic (exact) mass is 492 g/mol. The molecule has 186 valence electrons. The van der Waals surface area contributed by atoms with Crippen molar-refractivity contribution in [2.45, 2.75) is 12.8 Å². The molecule has 1 N–H and O–H groups in total. The summed E-state index contributed by atoms with van der Waals surface area (Å²) in [7, 11) is 0. The molecule has 0 radical (unpaired) electrons. The van der Waals surface area contributed by atoms with Gasteiger partial charge in [-0.25, -0.2) is 4.90 Å². The standard InChI is InChI=1S/C31H28N2O4/c34-29(22-24-12-4-1-5-13-24)33(30(35)23-25-14-6-2-7-15-25)28-19-11-10-18-27(28)31(36)32-20-21-37-26-16-8-3-9-17-26/h1-19H,20-23H2,(H,32,36). The molecule has 0 saturated carbocycles. The number of anilines is 1. The number of benzene rings is 4. The van der Waals surface area contributed by atoms with Gasteiger partial charge in [0.05, 0.1) is 30.6 Å². The van der Waals surface area contributed by atoms with E-state index in [0.717, 1.165) is 16.0 Å². The second-order valence-corrected chi connectivity index (χ2v) is 8.38. The van der Waals surface area contributed by atoms with Gasteiger partial charge >= 0.3 is 0 Å². The highest BCUT2D eigenvalue weighted by atomic mass is 16.5. The molecule has 0 spiro atoms. The number of hydrogen-bond donors (Lipinski definition) is 1. The summed E-state index contributed by atoms with van der Waals surface area (Å²) in [4.78, 5) is 41.2. The minimum atomic E-state index is -0.403. The van der Waals surface area contributed by atoms with Crippen LogP contribution in [0.25, 0.3) is 0 Å². The quantitative estimate of drug-likeness (QED) is 0.322. The van der Waals surface area contributed by atoms with E-state index in [2.05, 4.69) is 5.32 Å². The molecule has 0 unspecified atom stereocenters. The van der Waals surface area contributed by atoms with E-state index >= 15 is 0 Å². The molecule has 4 aromatic rings. The third kappa shape index (κ3) is 7.15. The maximum absolute atomic E-state index is 13.5. The van der Waals surface area contributed by atoms with Crippen LogP contribution >= 0.6 is 0 Å². The number of rotatable bonds is 10. The van der Waals surface area contributed by atoms with Crippen LogP contribution < -0.4 is 15.0 Å². The maximum atomic E-state index is 13.5. The van der Waals surface area contributed by atoms with Crippen molar-refractivity contribution < 1.29 is 19.1 Å². The van der Waals surface area contributed by atoms with Gasteiger partial charge in [-0.05, 0) is 35.4 Å². The first kappa shape index (κ1) is 25.4. The molecule has 0 heterocycles. The number of nitrogens with one attached hydrogen (secondary N) is 1. The SMILES string of the molecule is O=C(NCCOc1ccccc1)c1ccccc1N(C(=O)Cc1ccccc1)C(=O)Cc1ccccc1. The normalized spacial score (nSPS) is 10.4. The lowest BCUT2D eigenvalue weighted by Crippen LogP contribution is -2.41. The van der Waals surface area contributed by atoms with E-state index < -0.39 is 17.7 Å². The largest absolute Gasteiger partial charge is 0.492 e. The zero-order valence-corrected chi connectivity index (χ0v) is 20.4. The molecule has 0 saturated heterocycles. The number of ether oxygens (including phenoxy) is 1. The molecule has 4 aromatic carbocycles. The molecule has 3 amide bonds. The van der Waals surface area contributed by atoms with Crippen LogP contribution in [0.15, 0.2) is 115 Å². The topological polar surface area (TPSA) is 75.7 Å². The molecule has 6 heteroatoms. The Bertz CT molecular complexity index is 1270. The number of amides is 3. The Hall–Kier alpha value is -4.71. The van der Waals surface area contributed by atoms with Crippen LogP contribution in [0.5, 0.6) is 5.75 Å². The van der Waals surface area contributed by atoms with Gasteiger partial charge in [0.15, 0.2) is 0 Å². The van der Waals surface area contributed by atoms with Crippen LogP contribution in [-0.4, -0.2) is 30.9 Å². The number of para-hydroxylation sites is 2. The van der Waals surface area contributed by atoms with Gasteiger partial charge in [0.1, 0.15) is 12.4 Å². The Morgan fingerprint density at radius 3 is 1.68 bits per heavy atom. The van der Waals surface area contributed by atoms with Crippen molar-refractivity contribution in [2.75, 3.05) is 18.1 Å². The zero-order valence-electron chi connectivity index (χ0n) is 20.4. The van der Waals surface area contributed by atoms with E-state index in [1.54, 1.807) is 24.3 Å². The fourth-order valence-corrected chi connectivity index (χ4v) is 3.91. The van der Waals surface area contributed by atoms with E-state index in [-0.39, 0.29) is 37.2 Å². The zero-order chi connectivity index (χ0) is 25.9. The minimum Gasteiger partial charge on any atom is -0.492 e. The third-order valence-corrected chi connectivity index (χ3v) is 5.68. The fourth-order valence-electron chi connectivity index (χ4n) is 3.91. The summed E-state index contributed by atoms with van der Waals surface area (Å²) in [6, 6.07) is 34.4. The smallest absolute Gasteiger partial charge is 0.253 e. The van der Waals surface area contributed by atoms with Gasteiger partial charge in [-0.3, -0.25) is 14.4 Å². The molecule has 6 nitrogen and oxygen atoms in total. The average Bonchev–Trinajstić information content (AvgIpc) is 2.93. The van der Waals surface area contributed by atoms with E-state index in [9.17, 15) is 14.4 Å². The molecule has 0 atom stereocenters. The first-order valence-corrected chi connectivity index (χ1v) is 12.1. The Labute approximate surface area is 216 Å². The molecule has 0 aliphatic heterocycles. The number of carbonyl (C=O) groups excluding carboxylic acids is 3. The summed E-state index contributed by atoms with van der Waals surface area (Å²) in [6.45, 7) is 0.541. The molecule has 0 fully saturated rings. The van der Waals surface area contributed by atoms with Crippen molar-refractivity contribution >= 4 is 23.4 Å². The van der Waals surface area contributed by atoms with Crippen LogP contribution in [0.4, 0.5) is 5.69 Å². The lowest BCUT2D eigenvalue weighted by Gasteiger charge is -2.24. The van der Waals surface area contributed by atoms with Gasteiger partial charge < -0.3 is 10.1 Å². The van der Waals surface area contributed by atoms with Crippen LogP contribution in [0.3, 0.4) is 0 Å². The molecule has 0 aliphatic carbocycles. The molecular formula is C31H28N2O4. The number of imide groups is 1. The predicted octanol–water partition coefficient (Wildman–Crippen LogP) is 4.84. The molecule has 0 aromatic heterocycles. The van der Waals surface area contributed by atoms with Gasteiger partial charge in [-0.2, -0.15) is 0 Å². The van der Waals surface area contributed by atoms with Crippen LogP contribution in [-0.2, 0) is 22.4 Å². The Morgan fingerprint density at radius 2 is 1.11 bits per heavy atom. The van der Waals surface area contributed by atoms with Crippen LogP contribution in [0.1, 0.15) is 21.5 Å². The number of carbonyl (C=O) groups is 3. The van der Waals surface area contributed by atoms with Crippen molar-refractivity contribution in [1.82, 2.24) is 5.32 Å². The van der Waals surface area contributed by atoms with Crippen LogP contribution in [0, 0.1) is 0 Å². The predicted molar refractivity (Wildman–Crippen MR) is 143 cm³/mol. The molecule has 0 aliphatic rings. The molecule has 37 heavy (non-hydrogen) atoms. The van der Waals surface area contributed by atoms with Crippen molar-refractivity contribution in [1.29, 1.82) is 0 Å². The van der Waals surface area contributed by atoms with Crippen molar-refractivity contribution in [3.8, 4) is 5.75 Å². The highest BCUT2D eigenvalue weighted by Crippen LogP contribution is 2.23.